The molecule has 0 aliphatic rings. The third-order valence-electron chi connectivity index (χ3n) is 5.65. The Morgan fingerprint density at radius 3 is 2.17 bits per heavy atom. The van der Waals surface area contributed by atoms with Gasteiger partial charge in [-0.1, -0.05) is 49.0 Å². The summed E-state index contributed by atoms with van der Waals surface area (Å²) in [4.78, 5) is 0. The van der Waals surface area contributed by atoms with Crippen molar-refractivity contribution in [2.24, 2.45) is 5.92 Å². The number of tetrazole rings is 1. The number of ether oxygens (including phenoxy) is 2. The van der Waals surface area contributed by atoms with E-state index in [1.807, 2.05) is 37.3 Å². The Labute approximate surface area is 233 Å². The van der Waals surface area contributed by atoms with Gasteiger partial charge in [0.15, 0.2) is 0 Å². The van der Waals surface area contributed by atoms with Crippen LogP contribution in [0.15, 0.2) is 59.8 Å². The van der Waals surface area contributed by atoms with Crippen molar-refractivity contribution in [1.29, 1.82) is 0 Å². The van der Waals surface area contributed by atoms with Crippen LogP contribution in [0.1, 0.15) is 25.3 Å². The van der Waals surface area contributed by atoms with Crippen LogP contribution in [0.25, 0.3) is 5.69 Å². The molecule has 3 rings (SSSR count). The highest BCUT2D eigenvalue weighted by atomic mass is 32.2. The fourth-order valence-electron chi connectivity index (χ4n) is 3.37. The lowest BCUT2D eigenvalue weighted by Gasteiger charge is -2.33. The van der Waals surface area contributed by atoms with E-state index in [1.165, 1.54) is 23.9 Å². The molecule has 41 heavy (non-hydrogen) atoms. The summed E-state index contributed by atoms with van der Waals surface area (Å²) >= 11 is 1.47. The van der Waals surface area contributed by atoms with Crippen molar-refractivity contribution >= 4 is 11.8 Å². The number of nitrogens with zero attached hydrogens (tertiary/aromatic N) is 4. The number of aromatic nitrogens is 4. The molecule has 0 spiro atoms. The van der Waals surface area contributed by atoms with Gasteiger partial charge in [-0.05, 0) is 52.6 Å². The van der Waals surface area contributed by atoms with E-state index in [0.29, 0.717) is 17.5 Å². The summed E-state index contributed by atoms with van der Waals surface area (Å²) in [5.74, 6) is -18.1. The number of para-hydroxylation sites is 1. The van der Waals surface area contributed by atoms with Gasteiger partial charge in [-0.15, -0.1) is 5.10 Å². The van der Waals surface area contributed by atoms with Crippen LogP contribution in [0.4, 0.5) is 39.5 Å². The molecule has 1 heterocycles. The Balaban J connectivity index is 1.37. The number of halogens is 9. The second-order valence-corrected chi connectivity index (χ2v) is 10.1. The normalized spacial score (nSPS) is 13.8. The monoisotopic (exact) mass is 616 g/mol. The lowest BCUT2D eigenvalue weighted by Crippen LogP contribution is -2.60. The van der Waals surface area contributed by atoms with E-state index in [4.69, 9.17) is 9.47 Å². The fourth-order valence-corrected chi connectivity index (χ4v) is 4.26. The lowest BCUT2D eigenvalue weighted by atomic mass is 10.00. The Kier molecular flexibility index (Phi) is 10.6. The van der Waals surface area contributed by atoms with Crippen LogP contribution in [0.2, 0.25) is 0 Å². The number of alkyl halides is 9. The van der Waals surface area contributed by atoms with Gasteiger partial charge in [0, 0.05) is 12.2 Å². The van der Waals surface area contributed by atoms with Crippen molar-refractivity contribution in [1.82, 2.24) is 20.2 Å². The minimum atomic E-state index is -6.89. The van der Waals surface area contributed by atoms with Crippen molar-refractivity contribution in [3.05, 3.63) is 60.2 Å². The van der Waals surface area contributed by atoms with Gasteiger partial charge in [0.2, 0.25) is 5.16 Å². The van der Waals surface area contributed by atoms with Crippen LogP contribution in [0.5, 0.6) is 5.75 Å². The van der Waals surface area contributed by atoms with Crippen molar-refractivity contribution in [3.8, 4) is 11.4 Å². The Morgan fingerprint density at radius 1 is 0.878 bits per heavy atom. The second-order valence-electron chi connectivity index (χ2n) is 9.09. The molecule has 1 atom stereocenters. The molecule has 0 aliphatic carbocycles. The topological polar surface area (TPSA) is 62.1 Å². The molecule has 0 saturated carbocycles. The van der Waals surface area contributed by atoms with Crippen molar-refractivity contribution in [2.45, 2.75) is 55.5 Å². The van der Waals surface area contributed by atoms with E-state index in [1.54, 1.807) is 16.8 Å². The first-order valence-corrected chi connectivity index (χ1v) is 13.1. The van der Waals surface area contributed by atoms with Gasteiger partial charge >= 0.3 is 23.9 Å². The van der Waals surface area contributed by atoms with E-state index in [-0.39, 0.29) is 18.3 Å². The predicted octanol–water partition coefficient (Wildman–Crippen LogP) is 7.23. The third-order valence-corrected chi connectivity index (χ3v) is 6.90. The zero-order valence-electron chi connectivity index (χ0n) is 21.4. The zero-order chi connectivity index (χ0) is 30.3. The first-order valence-electron chi connectivity index (χ1n) is 12.1. The van der Waals surface area contributed by atoms with Gasteiger partial charge in [-0.2, -0.15) is 44.2 Å². The predicted molar refractivity (Wildman–Crippen MR) is 131 cm³/mol. The van der Waals surface area contributed by atoms with Crippen molar-refractivity contribution in [2.75, 3.05) is 19.0 Å². The highest BCUT2D eigenvalue weighted by Crippen LogP contribution is 2.54. The van der Waals surface area contributed by atoms with E-state index < -0.39 is 43.4 Å². The lowest BCUT2D eigenvalue weighted by molar-refractivity contribution is -0.396. The fraction of sp³-hybridized carbons (Fsp3) is 0.480. The highest BCUT2D eigenvalue weighted by Gasteiger charge is 2.81. The molecule has 0 bridgehead atoms. The van der Waals surface area contributed by atoms with Gasteiger partial charge in [0.25, 0.3) is 0 Å². The van der Waals surface area contributed by atoms with Crippen LogP contribution in [0.3, 0.4) is 0 Å². The van der Waals surface area contributed by atoms with Crippen LogP contribution in [-0.2, 0) is 11.3 Å². The van der Waals surface area contributed by atoms with Gasteiger partial charge in [-0.25, -0.2) is 0 Å². The summed E-state index contributed by atoms with van der Waals surface area (Å²) in [6, 6.07) is 15.5. The number of hydrogen-bond donors (Lipinski definition) is 0. The Morgan fingerprint density at radius 2 is 1.54 bits per heavy atom. The number of hydrogen-bond acceptors (Lipinski definition) is 6. The minimum Gasteiger partial charge on any atom is -0.494 e. The summed E-state index contributed by atoms with van der Waals surface area (Å²) < 4.78 is 129. The number of thioether (sulfide) groups is 1. The minimum absolute atomic E-state index is 0.144. The van der Waals surface area contributed by atoms with Crippen LogP contribution in [-0.4, -0.2) is 63.1 Å². The summed E-state index contributed by atoms with van der Waals surface area (Å²) in [6.07, 6.45) is -9.66. The smallest absolute Gasteiger partial charge is 0.460 e. The number of rotatable bonds is 15. The van der Waals surface area contributed by atoms with Gasteiger partial charge < -0.3 is 9.47 Å². The molecule has 0 fully saturated rings. The summed E-state index contributed by atoms with van der Waals surface area (Å²) in [6.45, 7) is 2.04. The molecule has 0 aliphatic heterocycles. The summed E-state index contributed by atoms with van der Waals surface area (Å²) in [5.41, 5.74) is 1.58. The van der Waals surface area contributed by atoms with E-state index in [9.17, 15) is 39.5 Å². The maximum atomic E-state index is 13.6. The highest BCUT2D eigenvalue weighted by molar-refractivity contribution is 7.99. The molecule has 2 aromatic carbocycles. The van der Waals surface area contributed by atoms with Gasteiger partial charge in [0.05, 0.1) is 25.5 Å². The van der Waals surface area contributed by atoms with Gasteiger partial charge in [0.1, 0.15) is 5.75 Å². The molecule has 0 radical (unpaired) electrons. The largest absolute Gasteiger partial charge is 0.494 e. The molecule has 6 nitrogen and oxygen atoms in total. The molecular weight excluding hydrogens is 591 g/mol. The summed E-state index contributed by atoms with van der Waals surface area (Å²) in [7, 11) is 0. The van der Waals surface area contributed by atoms with Crippen LogP contribution >= 0.6 is 11.8 Å². The second kappa shape index (κ2) is 13.3. The molecule has 16 heteroatoms. The molecule has 1 aromatic heterocycles. The molecule has 0 saturated heterocycles. The number of benzene rings is 2. The summed E-state index contributed by atoms with van der Waals surface area (Å²) in [5, 5.41) is 12.4. The van der Waals surface area contributed by atoms with E-state index >= 15 is 0 Å². The van der Waals surface area contributed by atoms with Crippen molar-refractivity contribution in [3.63, 3.8) is 0 Å². The van der Waals surface area contributed by atoms with Crippen LogP contribution in [0, 0.1) is 5.92 Å². The SMILES string of the molecule is C[C@@H](COCc1ccc(OCCCC(F)(F)C(F)(F)C(F)(F)C(F)(F)F)cc1)CSc1nnnn1-c1ccccc1. The van der Waals surface area contributed by atoms with E-state index in [2.05, 4.69) is 15.5 Å². The molecule has 0 N–H and O–H groups in total. The van der Waals surface area contributed by atoms with Gasteiger partial charge in [-0.3, -0.25) is 0 Å². The molecular formula is C25H25F9N4O2S. The molecule has 0 unspecified atom stereocenters. The first-order chi connectivity index (χ1) is 19.2. The quantitative estimate of drug-likeness (QED) is 0.102. The van der Waals surface area contributed by atoms with E-state index in [0.717, 1.165) is 11.3 Å². The third kappa shape index (κ3) is 8.05. The maximum absolute atomic E-state index is 13.6. The molecule has 226 valence electrons. The molecule has 3 aromatic rings. The average molecular weight is 617 g/mol. The van der Waals surface area contributed by atoms with Crippen LogP contribution < -0.4 is 4.74 Å². The Bertz CT molecular complexity index is 1230. The standard InChI is InChI=1S/C25H25F9N4O2S/c1-17(16-41-21-35-36-37-38(21)19-6-3-2-4-7-19)14-39-15-18-8-10-20(11-9-18)40-13-5-12-22(26,27)23(28,29)24(30,31)25(32,33)34/h2-4,6-11,17H,5,12-16H2,1H3/t17-/m0/s1. The average Bonchev–Trinajstić information content (AvgIpc) is 3.39. The Hall–Kier alpha value is -3.01. The van der Waals surface area contributed by atoms with Crippen molar-refractivity contribution < 1.29 is 49.0 Å². The zero-order valence-corrected chi connectivity index (χ0v) is 22.2. The molecule has 0 amide bonds. The maximum Gasteiger partial charge on any atom is 0.460 e. The first kappa shape index (κ1) is 32.5.